The number of hydrogen-bond acceptors (Lipinski definition) is 3. The van der Waals surface area contributed by atoms with Crippen LogP contribution in [0.4, 0.5) is 0 Å². The molecule has 0 amide bonds. The Morgan fingerprint density at radius 1 is 0.913 bits per heavy atom. The van der Waals surface area contributed by atoms with Crippen LogP contribution in [-0.2, 0) is 16.0 Å². The number of ether oxygens (including phenoxy) is 1. The summed E-state index contributed by atoms with van der Waals surface area (Å²) in [6.07, 6.45) is 0.903. The molecule has 23 heavy (non-hydrogen) atoms. The Balaban J connectivity index is 1.87. The van der Waals surface area contributed by atoms with E-state index in [2.05, 4.69) is 0 Å². The minimum absolute atomic E-state index is 0.154. The van der Waals surface area contributed by atoms with Gasteiger partial charge in [0.05, 0.1) is 0 Å². The molecule has 3 heteroatoms. The lowest BCUT2D eigenvalue weighted by molar-refractivity contribution is -0.142. The molecular formula is C20H22O3. The summed E-state index contributed by atoms with van der Waals surface area (Å²) in [6, 6.07) is 13.6. The van der Waals surface area contributed by atoms with Crippen molar-refractivity contribution in [1.29, 1.82) is 0 Å². The molecule has 0 spiro atoms. The Kier molecular flexibility index (Phi) is 5.69. The average Bonchev–Trinajstić information content (AvgIpc) is 2.55. The van der Waals surface area contributed by atoms with Gasteiger partial charge in [-0.3, -0.25) is 9.59 Å². The largest absolute Gasteiger partial charge is 0.457 e. The number of ketones is 1. The summed E-state index contributed by atoms with van der Waals surface area (Å²) < 4.78 is 5.12. The Labute approximate surface area is 137 Å². The maximum absolute atomic E-state index is 12.2. The predicted octanol–water partition coefficient (Wildman–Crippen LogP) is 3.97. The van der Waals surface area contributed by atoms with E-state index < -0.39 is 0 Å². The van der Waals surface area contributed by atoms with E-state index in [0.29, 0.717) is 12.0 Å². The smallest absolute Gasteiger partial charge is 0.306 e. The number of hydrogen-bond donors (Lipinski definition) is 0. The molecule has 0 radical (unpaired) electrons. The molecule has 0 N–H and O–H groups in total. The molecule has 2 aromatic carbocycles. The van der Waals surface area contributed by atoms with Crippen LogP contribution < -0.4 is 0 Å². The van der Waals surface area contributed by atoms with Gasteiger partial charge in [-0.25, -0.2) is 0 Å². The maximum atomic E-state index is 12.2. The molecule has 2 aromatic rings. The van der Waals surface area contributed by atoms with E-state index in [-0.39, 0.29) is 24.8 Å². The van der Waals surface area contributed by atoms with Crippen LogP contribution in [0.1, 0.15) is 39.0 Å². The van der Waals surface area contributed by atoms with Gasteiger partial charge >= 0.3 is 5.97 Å². The van der Waals surface area contributed by atoms with E-state index in [1.165, 1.54) is 0 Å². The second-order valence-electron chi connectivity index (χ2n) is 5.82. The predicted molar refractivity (Wildman–Crippen MR) is 90.7 cm³/mol. The van der Waals surface area contributed by atoms with E-state index in [1.54, 1.807) is 0 Å². The molecule has 120 valence electrons. The van der Waals surface area contributed by atoms with Gasteiger partial charge < -0.3 is 4.74 Å². The molecule has 0 aliphatic carbocycles. The van der Waals surface area contributed by atoms with E-state index in [9.17, 15) is 9.59 Å². The minimum Gasteiger partial charge on any atom is -0.457 e. The van der Waals surface area contributed by atoms with Crippen molar-refractivity contribution in [1.82, 2.24) is 0 Å². The highest BCUT2D eigenvalue weighted by Gasteiger charge is 2.13. The summed E-state index contributed by atoms with van der Waals surface area (Å²) in [6.45, 7) is 5.69. The summed E-state index contributed by atoms with van der Waals surface area (Å²) >= 11 is 0. The van der Waals surface area contributed by atoms with Crippen LogP contribution in [0.2, 0.25) is 0 Å². The molecule has 0 fully saturated rings. The van der Waals surface area contributed by atoms with Crippen molar-refractivity contribution >= 4 is 11.8 Å². The van der Waals surface area contributed by atoms with Crippen molar-refractivity contribution < 1.29 is 14.3 Å². The number of esters is 1. The molecule has 0 saturated carbocycles. The zero-order chi connectivity index (χ0) is 16.8. The van der Waals surface area contributed by atoms with Gasteiger partial charge in [-0.05, 0) is 55.5 Å². The quantitative estimate of drug-likeness (QED) is 0.599. The molecule has 0 atom stereocenters. The molecule has 2 rings (SSSR count). The lowest BCUT2D eigenvalue weighted by Crippen LogP contribution is -2.15. The van der Waals surface area contributed by atoms with E-state index in [4.69, 9.17) is 4.74 Å². The van der Waals surface area contributed by atoms with Crippen LogP contribution in [0.25, 0.3) is 0 Å². The summed E-state index contributed by atoms with van der Waals surface area (Å²) in [4.78, 5) is 24.0. The van der Waals surface area contributed by atoms with Gasteiger partial charge in [0.25, 0.3) is 0 Å². The average molecular weight is 310 g/mol. The Bertz CT molecular complexity index is 702. The third-order valence-corrected chi connectivity index (χ3v) is 3.97. The van der Waals surface area contributed by atoms with E-state index >= 15 is 0 Å². The van der Waals surface area contributed by atoms with Crippen molar-refractivity contribution in [3.8, 4) is 0 Å². The second kappa shape index (κ2) is 7.73. The molecule has 0 unspecified atom stereocenters. The van der Waals surface area contributed by atoms with Crippen molar-refractivity contribution in [2.24, 2.45) is 0 Å². The van der Waals surface area contributed by atoms with Crippen LogP contribution in [-0.4, -0.2) is 18.4 Å². The normalized spacial score (nSPS) is 10.4. The summed E-state index contributed by atoms with van der Waals surface area (Å²) in [5.74, 6) is -0.498. The van der Waals surface area contributed by atoms with Crippen molar-refractivity contribution in [2.75, 3.05) is 6.61 Å². The molecule has 0 heterocycles. The molecule has 0 aliphatic heterocycles. The molecular weight excluding hydrogens is 288 g/mol. The Morgan fingerprint density at radius 3 is 2.26 bits per heavy atom. The Morgan fingerprint density at radius 2 is 1.57 bits per heavy atom. The monoisotopic (exact) mass is 310 g/mol. The SMILES string of the molecule is Cc1cc(C)c(C(=O)COC(=O)CCc2ccccc2)cc1C. The Hall–Kier alpha value is -2.42. The lowest BCUT2D eigenvalue weighted by Gasteiger charge is -2.09. The van der Waals surface area contributed by atoms with Gasteiger partial charge in [0.15, 0.2) is 6.61 Å². The molecule has 0 saturated heterocycles. The fourth-order valence-corrected chi connectivity index (χ4v) is 2.45. The van der Waals surface area contributed by atoms with Crippen LogP contribution in [0.5, 0.6) is 0 Å². The standard InChI is InChI=1S/C20H22O3/c1-14-11-16(3)18(12-15(14)2)19(21)13-23-20(22)10-9-17-7-5-4-6-8-17/h4-8,11-12H,9-10,13H2,1-3H3. The van der Waals surface area contributed by atoms with Crippen LogP contribution >= 0.6 is 0 Å². The fourth-order valence-electron chi connectivity index (χ4n) is 2.45. The van der Waals surface area contributed by atoms with Crippen LogP contribution in [0.3, 0.4) is 0 Å². The zero-order valence-electron chi connectivity index (χ0n) is 13.9. The van der Waals surface area contributed by atoms with Crippen LogP contribution in [0, 0.1) is 20.8 Å². The van der Waals surface area contributed by atoms with Gasteiger partial charge in [0.2, 0.25) is 5.78 Å². The maximum Gasteiger partial charge on any atom is 0.306 e. The fraction of sp³-hybridized carbons (Fsp3) is 0.300. The van der Waals surface area contributed by atoms with E-state index in [0.717, 1.165) is 22.3 Å². The number of aryl methyl sites for hydroxylation is 4. The molecule has 0 aliphatic rings. The first kappa shape index (κ1) is 16.9. The molecule has 3 nitrogen and oxygen atoms in total. The second-order valence-corrected chi connectivity index (χ2v) is 5.82. The first-order valence-electron chi connectivity index (χ1n) is 7.78. The van der Waals surface area contributed by atoms with Gasteiger partial charge in [0, 0.05) is 12.0 Å². The number of rotatable bonds is 6. The number of benzene rings is 2. The van der Waals surface area contributed by atoms with Gasteiger partial charge in [-0.15, -0.1) is 0 Å². The topological polar surface area (TPSA) is 43.4 Å². The van der Waals surface area contributed by atoms with Gasteiger partial charge in [0.1, 0.15) is 0 Å². The summed E-state index contributed by atoms with van der Waals surface area (Å²) in [5, 5.41) is 0. The third kappa shape index (κ3) is 4.78. The number of carbonyl (C=O) groups excluding carboxylic acids is 2. The lowest BCUT2D eigenvalue weighted by atomic mass is 9.98. The number of carbonyl (C=O) groups is 2. The first-order valence-corrected chi connectivity index (χ1v) is 7.78. The zero-order valence-corrected chi connectivity index (χ0v) is 13.9. The molecule has 0 bridgehead atoms. The van der Waals surface area contributed by atoms with Gasteiger partial charge in [-0.1, -0.05) is 36.4 Å². The van der Waals surface area contributed by atoms with Crippen molar-refractivity contribution in [3.05, 3.63) is 70.3 Å². The number of Topliss-reactive ketones (excluding diaryl/α,β-unsaturated/α-hetero) is 1. The van der Waals surface area contributed by atoms with Crippen molar-refractivity contribution in [3.63, 3.8) is 0 Å². The van der Waals surface area contributed by atoms with E-state index in [1.807, 2.05) is 63.2 Å². The highest BCUT2D eigenvalue weighted by Crippen LogP contribution is 2.16. The highest BCUT2D eigenvalue weighted by atomic mass is 16.5. The van der Waals surface area contributed by atoms with Crippen molar-refractivity contribution in [2.45, 2.75) is 33.6 Å². The highest BCUT2D eigenvalue weighted by molar-refractivity contribution is 5.99. The minimum atomic E-state index is -0.344. The molecule has 0 aromatic heterocycles. The first-order chi connectivity index (χ1) is 11.0. The summed E-state index contributed by atoms with van der Waals surface area (Å²) in [5.41, 5.74) is 4.84. The van der Waals surface area contributed by atoms with Gasteiger partial charge in [-0.2, -0.15) is 0 Å². The third-order valence-electron chi connectivity index (χ3n) is 3.97. The summed E-state index contributed by atoms with van der Waals surface area (Å²) in [7, 11) is 0. The van der Waals surface area contributed by atoms with Crippen LogP contribution in [0.15, 0.2) is 42.5 Å².